The van der Waals surface area contributed by atoms with Crippen molar-refractivity contribution in [1.82, 2.24) is 5.32 Å². The maximum absolute atomic E-state index is 13.7. The SMILES string of the molecule is C=CCNC(=O)c1ccccc1NC(=O)[C@@H](CC)Oc1ccccc1F. The number of benzene rings is 2. The van der Waals surface area contributed by atoms with E-state index in [1.165, 1.54) is 12.1 Å². The first kappa shape index (κ1) is 19.2. The maximum Gasteiger partial charge on any atom is 0.265 e. The second-order valence-corrected chi connectivity index (χ2v) is 5.48. The van der Waals surface area contributed by atoms with Crippen LogP contribution in [0.1, 0.15) is 23.7 Å². The van der Waals surface area contributed by atoms with E-state index in [2.05, 4.69) is 17.2 Å². The molecule has 2 rings (SSSR count). The Bertz CT molecular complexity index is 792. The van der Waals surface area contributed by atoms with Crippen LogP contribution in [-0.4, -0.2) is 24.5 Å². The standard InChI is InChI=1S/C20H21FN2O3/c1-3-13-22-19(24)14-9-5-7-11-16(14)23-20(25)17(4-2)26-18-12-8-6-10-15(18)21/h3,5-12,17H,1,4,13H2,2H3,(H,22,24)(H,23,25)/t17-/m1/s1. The molecule has 26 heavy (non-hydrogen) atoms. The van der Waals surface area contributed by atoms with Crippen molar-refractivity contribution in [1.29, 1.82) is 0 Å². The Morgan fingerprint density at radius 3 is 2.58 bits per heavy atom. The van der Waals surface area contributed by atoms with Crippen LogP contribution in [0.4, 0.5) is 10.1 Å². The predicted molar refractivity (Wildman–Crippen MR) is 98.7 cm³/mol. The quantitative estimate of drug-likeness (QED) is 0.711. The highest BCUT2D eigenvalue weighted by Crippen LogP contribution is 2.20. The monoisotopic (exact) mass is 356 g/mol. The van der Waals surface area contributed by atoms with Crippen LogP contribution in [0.25, 0.3) is 0 Å². The van der Waals surface area contributed by atoms with Crippen molar-refractivity contribution in [3.8, 4) is 5.75 Å². The van der Waals surface area contributed by atoms with E-state index in [0.29, 0.717) is 24.2 Å². The molecule has 2 aromatic carbocycles. The van der Waals surface area contributed by atoms with E-state index in [9.17, 15) is 14.0 Å². The highest BCUT2D eigenvalue weighted by Gasteiger charge is 2.21. The molecule has 2 N–H and O–H groups in total. The summed E-state index contributed by atoms with van der Waals surface area (Å²) in [7, 11) is 0. The Kier molecular flexibility index (Phi) is 6.91. The molecular formula is C20H21FN2O3. The van der Waals surface area contributed by atoms with Crippen LogP contribution in [0.3, 0.4) is 0 Å². The lowest BCUT2D eigenvalue weighted by atomic mass is 10.1. The molecule has 0 aromatic heterocycles. The van der Waals surface area contributed by atoms with Gasteiger partial charge in [-0.1, -0.05) is 37.3 Å². The lowest BCUT2D eigenvalue weighted by Crippen LogP contribution is -2.33. The third-order valence-electron chi connectivity index (χ3n) is 3.61. The van der Waals surface area contributed by atoms with Crippen molar-refractivity contribution in [2.45, 2.75) is 19.4 Å². The molecule has 136 valence electrons. The summed E-state index contributed by atoms with van der Waals surface area (Å²) in [5.41, 5.74) is 0.679. The van der Waals surface area contributed by atoms with Crippen molar-refractivity contribution in [2.75, 3.05) is 11.9 Å². The van der Waals surface area contributed by atoms with Crippen LogP contribution in [0, 0.1) is 5.82 Å². The number of carbonyl (C=O) groups is 2. The number of carbonyl (C=O) groups excluding carboxylic acids is 2. The minimum atomic E-state index is -0.892. The van der Waals surface area contributed by atoms with E-state index in [0.717, 1.165) is 0 Å². The van der Waals surface area contributed by atoms with Crippen molar-refractivity contribution < 1.29 is 18.7 Å². The Labute approximate surface area is 151 Å². The van der Waals surface area contributed by atoms with Crippen LogP contribution in [-0.2, 0) is 4.79 Å². The number of hydrogen-bond acceptors (Lipinski definition) is 3. The van der Waals surface area contributed by atoms with E-state index < -0.39 is 17.8 Å². The summed E-state index contributed by atoms with van der Waals surface area (Å²) in [6.07, 6.45) is 1.01. The number of rotatable bonds is 8. The number of para-hydroxylation sites is 2. The van der Waals surface area contributed by atoms with Gasteiger partial charge in [0, 0.05) is 6.54 Å². The lowest BCUT2D eigenvalue weighted by Gasteiger charge is -2.18. The molecule has 1 atom stereocenters. The van der Waals surface area contributed by atoms with Gasteiger partial charge in [-0.05, 0) is 30.7 Å². The van der Waals surface area contributed by atoms with Crippen molar-refractivity contribution in [2.24, 2.45) is 0 Å². The molecule has 0 spiro atoms. The van der Waals surface area contributed by atoms with Crippen LogP contribution in [0.5, 0.6) is 5.75 Å². The Morgan fingerprint density at radius 1 is 1.19 bits per heavy atom. The summed E-state index contributed by atoms with van der Waals surface area (Å²) >= 11 is 0. The summed E-state index contributed by atoms with van der Waals surface area (Å²) in [6.45, 7) is 5.62. The van der Waals surface area contributed by atoms with Gasteiger partial charge in [0.25, 0.3) is 11.8 Å². The summed E-state index contributed by atoms with van der Waals surface area (Å²) in [4.78, 5) is 24.7. The number of anilines is 1. The van der Waals surface area contributed by atoms with Gasteiger partial charge >= 0.3 is 0 Å². The largest absolute Gasteiger partial charge is 0.478 e. The van der Waals surface area contributed by atoms with Gasteiger partial charge in [-0.3, -0.25) is 9.59 Å². The number of amides is 2. The van der Waals surface area contributed by atoms with Gasteiger partial charge in [0.2, 0.25) is 0 Å². The molecule has 5 nitrogen and oxygen atoms in total. The fourth-order valence-corrected chi connectivity index (χ4v) is 2.28. The molecule has 0 aliphatic rings. The molecule has 0 bridgehead atoms. The normalized spacial score (nSPS) is 11.3. The molecule has 0 saturated heterocycles. The molecule has 6 heteroatoms. The zero-order valence-electron chi connectivity index (χ0n) is 14.5. The first-order valence-electron chi connectivity index (χ1n) is 8.27. The van der Waals surface area contributed by atoms with Crippen LogP contribution < -0.4 is 15.4 Å². The summed E-state index contributed by atoms with van der Waals surface area (Å²) < 4.78 is 19.2. The molecule has 2 aromatic rings. The minimum Gasteiger partial charge on any atom is -0.478 e. The zero-order chi connectivity index (χ0) is 18.9. The fraction of sp³-hybridized carbons (Fsp3) is 0.200. The van der Waals surface area contributed by atoms with E-state index in [1.54, 1.807) is 49.4 Å². The summed E-state index contributed by atoms with van der Waals surface area (Å²) in [6, 6.07) is 12.5. The molecule has 2 amide bonds. The van der Waals surface area contributed by atoms with E-state index >= 15 is 0 Å². The average molecular weight is 356 g/mol. The van der Waals surface area contributed by atoms with Gasteiger partial charge in [-0.2, -0.15) is 0 Å². The molecule has 0 radical (unpaired) electrons. The minimum absolute atomic E-state index is 0.00603. The smallest absolute Gasteiger partial charge is 0.265 e. The molecule has 0 saturated carbocycles. The maximum atomic E-state index is 13.7. The van der Waals surface area contributed by atoms with Crippen LogP contribution in [0.15, 0.2) is 61.2 Å². The molecular weight excluding hydrogens is 335 g/mol. The van der Waals surface area contributed by atoms with E-state index in [1.807, 2.05) is 0 Å². The van der Waals surface area contributed by atoms with Gasteiger partial charge in [0.1, 0.15) is 0 Å². The number of nitrogens with one attached hydrogen (secondary N) is 2. The zero-order valence-corrected chi connectivity index (χ0v) is 14.5. The van der Waals surface area contributed by atoms with E-state index in [4.69, 9.17) is 4.74 Å². The topological polar surface area (TPSA) is 67.4 Å². The van der Waals surface area contributed by atoms with Gasteiger partial charge < -0.3 is 15.4 Å². The predicted octanol–water partition coefficient (Wildman–Crippen LogP) is 3.54. The molecule has 0 aliphatic carbocycles. The van der Waals surface area contributed by atoms with Crippen molar-refractivity contribution in [3.05, 3.63) is 72.6 Å². The second-order valence-electron chi connectivity index (χ2n) is 5.48. The molecule has 0 heterocycles. The van der Waals surface area contributed by atoms with Crippen LogP contribution in [0.2, 0.25) is 0 Å². The van der Waals surface area contributed by atoms with Crippen molar-refractivity contribution >= 4 is 17.5 Å². The molecule has 0 fully saturated rings. The fourth-order valence-electron chi connectivity index (χ4n) is 2.28. The van der Waals surface area contributed by atoms with Gasteiger partial charge in [-0.15, -0.1) is 6.58 Å². The first-order chi connectivity index (χ1) is 12.6. The number of halogens is 1. The van der Waals surface area contributed by atoms with Crippen LogP contribution >= 0.6 is 0 Å². The van der Waals surface area contributed by atoms with Gasteiger partial charge in [-0.25, -0.2) is 4.39 Å². The molecule has 0 unspecified atom stereocenters. The number of hydrogen-bond donors (Lipinski definition) is 2. The van der Waals surface area contributed by atoms with Gasteiger partial charge in [0.05, 0.1) is 11.3 Å². The highest BCUT2D eigenvalue weighted by atomic mass is 19.1. The Hall–Kier alpha value is -3.15. The molecule has 0 aliphatic heterocycles. The lowest BCUT2D eigenvalue weighted by molar-refractivity contribution is -0.122. The Balaban J connectivity index is 2.14. The number of ether oxygens (including phenoxy) is 1. The highest BCUT2D eigenvalue weighted by molar-refractivity contribution is 6.04. The first-order valence-corrected chi connectivity index (χ1v) is 8.27. The third-order valence-corrected chi connectivity index (χ3v) is 3.61. The summed E-state index contributed by atoms with van der Waals surface area (Å²) in [5.74, 6) is -1.32. The van der Waals surface area contributed by atoms with Crippen molar-refractivity contribution in [3.63, 3.8) is 0 Å². The third kappa shape index (κ3) is 4.92. The van der Waals surface area contributed by atoms with Gasteiger partial charge in [0.15, 0.2) is 17.7 Å². The van der Waals surface area contributed by atoms with E-state index in [-0.39, 0.29) is 11.7 Å². The summed E-state index contributed by atoms with van der Waals surface area (Å²) in [5, 5.41) is 5.35. The second kappa shape index (κ2) is 9.36. The Morgan fingerprint density at radius 2 is 1.88 bits per heavy atom. The average Bonchev–Trinajstić information content (AvgIpc) is 2.65.